The Morgan fingerprint density at radius 3 is 2.37 bits per heavy atom. The number of likely N-dealkylation sites (tertiary alicyclic amines) is 1. The summed E-state index contributed by atoms with van der Waals surface area (Å²) in [7, 11) is 0. The van der Waals surface area contributed by atoms with Crippen LogP contribution in [-0.4, -0.2) is 64.9 Å². The first-order chi connectivity index (χ1) is 12.9. The average Bonchev–Trinajstić information content (AvgIpc) is 2.89. The molecule has 8 nitrogen and oxygen atoms in total. The van der Waals surface area contributed by atoms with Gasteiger partial charge >= 0.3 is 12.0 Å². The van der Waals surface area contributed by atoms with Gasteiger partial charge in [0.05, 0.1) is 17.0 Å². The Bertz CT molecular complexity index is 743. The fourth-order valence-corrected chi connectivity index (χ4v) is 3.68. The molecule has 0 radical (unpaired) electrons. The second kappa shape index (κ2) is 7.77. The highest BCUT2D eigenvalue weighted by atomic mass is 16.4. The van der Waals surface area contributed by atoms with E-state index in [1.807, 2.05) is 6.92 Å². The van der Waals surface area contributed by atoms with Crippen LogP contribution < -0.4 is 5.32 Å². The van der Waals surface area contributed by atoms with Crippen LogP contribution in [-0.2, 0) is 4.79 Å². The number of hydrogen-bond acceptors (Lipinski definition) is 4. The summed E-state index contributed by atoms with van der Waals surface area (Å²) in [4.78, 5) is 50.8. The van der Waals surface area contributed by atoms with Gasteiger partial charge in [-0.05, 0) is 30.9 Å². The highest BCUT2D eigenvalue weighted by Gasteiger charge is 2.35. The molecule has 144 valence electrons. The van der Waals surface area contributed by atoms with Crippen molar-refractivity contribution >= 4 is 23.8 Å². The minimum atomic E-state index is -0.884. The van der Waals surface area contributed by atoms with Crippen molar-refractivity contribution in [3.8, 4) is 0 Å². The lowest BCUT2D eigenvalue weighted by molar-refractivity contribution is -0.143. The number of rotatable bonds is 5. The number of hydrogen-bond donors (Lipinski definition) is 2. The lowest BCUT2D eigenvalue weighted by Gasteiger charge is -2.34. The number of urea groups is 1. The van der Waals surface area contributed by atoms with E-state index >= 15 is 0 Å². The van der Waals surface area contributed by atoms with Crippen molar-refractivity contribution in [3.63, 3.8) is 0 Å². The van der Waals surface area contributed by atoms with E-state index in [0.717, 1.165) is 0 Å². The summed E-state index contributed by atoms with van der Waals surface area (Å²) in [6, 6.07) is 6.40. The maximum Gasteiger partial charge on any atom is 0.317 e. The number of carbonyl (C=O) groups excluding carboxylic acids is 3. The predicted molar refractivity (Wildman–Crippen MR) is 96.3 cm³/mol. The molecule has 27 heavy (non-hydrogen) atoms. The molecule has 2 heterocycles. The molecule has 8 heteroatoms. The van der Waals surface area contributed by atoms with E-state index < -0.39 is 11.9 Å². The van der Waals surface area contributed by atoms with Gasteiger partial charge in [0.15, 0.2) is 0 Å². The molecule has 0 saturated carbocycles. The number of nitrogens with one attached hydrogen (secondary N) is 1. The van der Waals surface area contributed by atoms with E-state index in [-0.39, 0.29) is 36.9 Å². The highest BCUT2D eigenvalue weighted by molar-refractivity contribution is 6.21. The fourth-order valence-electron chi connectivity index (χ4n) is 3.68. The van der Waals surface area contributed by atoms with E-state index in [0.29, 0.717) is 37.1 Å². The lowest BCUT2D eigenvalue weighted by Crippen LogP contribution is -2.49. The third-order valence-corrected chi connectivity index (χ3v) is 5.01. The number of aliphatic carboxylic acids is 1. The van der Waals surface area contributed by atoms with Gasteiger partial charge in [-0.25, -0.2) is 4.79 Å². The summed E-state index contributed by atoms with van der Waals surface area (Å²) in [5.41, 5.74) is 0.821. The third kappa shape index (κ3) is 3.94. The van der Waals surface area contributed by atoms with Gasteiger partial charge in [0.1, 0.15) is 0 Å². The van der Waals surface area contributed by atoms with Gasteiger partial charge in [-0.15, -0.1) is 0 Å². The molecule has 2 N–H and O–H groups in total. The molecular weight excluding hydrogens is 350 g/mol. The summed E-state index contributed by atoms with van der Waals surface area (Å²) < 4.78 is 0. The van der Waals surface area contributed by atoms with Crippen LogP contribution in [0.2, 0.25) is 0 Å². The van der Waals surface area contributed by atoms with Crippen molar-refractivity contribution in [2.24, 2.45) is 11.8 Å². The molecule has 0 aromatic heterocycles. The third-order valence-electron chi connectivity index (χ3n) is 5.01. The smallest absolute Gasteiger partial charge is 0.317 e. The van der Waals surface area contributed by atoms with Crippen LogP contribution in [0.4, 0.5) is 4.79 Å². The van der Waals surface area contributed by atoms with Crippen LogP contribution in [0, 0.1) is 11.8 Å². The van der Waals surface area contributed by atoms with Gasteiger partial charge in [-0.3, -0.25) is 19.3 Å². The molecular formula is C19H23N3O5. The Morgan fingerprint density at radius 2 is 1.78 bits per heavy atom. The summed E-state index contributed by atoms with van der Waals surface area (Å²) in [6.07, 6.45) is 1.00. The molecule has 1 saturated heterocycles. The second-order valence-electron chi connectivity index (χ2n) is 7.17. The van der Waals surface area contributed by atoms with Crippen molar-refractivity contribution in [1.82, 2.24) is 15.1 Å². The van der Waals surface area contributed by atoms with E-state index in [4.69, 9.17) is 0 Å². The van der Waals surface area contributed by atoms with Gasteiger partial charge in [0.25, 0.3) is 11.8 Å². The monoisotopic (exact) mass is 373 g/mol. The number of carboxylic acids is 1. The first kappa shape index (κ1) is 18.9. The number of carbonyl (C=O) groups is 4. The number of piperidine rings is 1. The van der Waals surface area contributed by atoms with Crippen LogP contribution in [0.3, 0.4) is 0 Å². The van der Waals surface area contributed by atoms with Crippen molar-refractivity contribution < 1.29 is 24.3 Å². The second-order valence-corrected chi connectivity index (χ2v) is 7.17. The maximum atomic E-state index is 12.3. The SMILES string of the molecule is CC1CC(C(=O)O)CN(C(=O)NCCCN2C(=O)c3ccccc3C2=O)C1. The Labute approximate surface area is 157 Å². The Morgan fingerprint density at radius 1 is 1.15 bits per heavy atom. The first-order valence-corrected chi connectivity index (χ1v) is 9.09. The molecule has 2 aliphatic heterocycles. The van der Waals surface area contributed by atoms with Gasteiger partial charge in [0.2, 0.25) is 0 Å². The zero-order valence-corrected chi connectivity index (χ0v) is 15.2. The van der Waals surface area contributed by atoms with Crippen molar-refractivity contribution in [3.05, 3.63) is 35.4 Å². The van der Waals surface area contributed by atoms with Gasteiger partial charge in [-0.2, -0.15) is 0 Å². The highest BCUT2D eigenvalue weighted by Crippen LogP contribution is 2.23. The van der Waals surface area contributed by atoms with E-state index in [9.17, 15) is 24.3 Å². The molecule has 0 bridgehead atoms. The number of benzene rings is 1. The number of imide groups is 1. The minimum Gasteiger partial charge on any atom is -0.481 e. The van der Waals surface area contributed by atoms with E-state index in [1.165, 1.54) is 9.80 Å². The molecule has 3 rings (SSSR count). The van der Waals surface area contributed by atoms with E-state index in [2.05, 4.69) is 5.32 Å². The molecule has 1 aromatic rings. The number of nitrogens with zero attached hydrogens (tertiary/aromatic N) is 2. The zero-order chi connectivity index (χ0) is 19.6. The Hall–Kier alpha value is -2.90. The molecule has 2 atom stereocenters. The first-order valence-electron chi connectivity index (χ1n) is 9.09. The van der Waals surface area contributed by atoms with Crippen molar-refractivity contribution in [2.45, 2.75) is 19.8 Å². The predicted octanol–water partition coefficient (Wildman–Crippen LogP) is 1.42. The molecule has 1 aromatic carbocycles. The lowest BCUT2D eigenvalue weighted by atomic mass is 9.91. The summed E-state index contributed by atoms with van der Waals surface area (Å²) in [5.74, 6) is -1.92. The van der Waals surface area contributed by atoms with Crippen LogP contribution in [0.5, 0.6) is 0 Å². The molecule has 0 spiro atoms. The van der Waals surface area contributed by atoms with Gasteiger partial charge < -0.3 is 15.3 Å². The van der Waals surface area contributed by atoms with Crippen LogP contribution in [0.1, 0.15) is 40.5 Å². The summed E-state index contributed by atoms with van der Waals surface area (Å²) in [6.45, 7) is 3.17. The topological polar surface area (TPSA) is 107 Å². The van der Waals surface area contributed by atoms with Crippen molar-refractivity contribution in [1.29, 1.82) is 0 Å². The average molecular weight is 373 g/mol. The zero-order valence-electron chi connectivity index (χ0n) is 15.2. The fraction of sp³-hybridized carbons (Fsp3) is 0.474. The van der Waals surface area contributed by atoms with Crippen LogP contribution >= 0.6 is 0 Å². The number of amides is 4. The molecule has 0 aliphatic carbocycles. The minimum absolute atomic E-state index is 0.129. The van der Waals surface area contributed by atoms with E-state index in [1.54, 1.807) is 24.3 Å². The quantitative estimate of drug-likeness (QED) is 0.600. The molecule has 1 fully saturated rings. The normalized spacial score (nSPS) is 22.0. The van der Waals surface area contributed by atoms with Gasteiger partial charge in [0, 0.05) is 26.2 Å². The Balaban J connectivity index is 1.47. The summed E-state index contributed by atoms with van der Waals surface area (Å²) in [5, 5.41) is 11.9. The number of fused-ring (bicyclic) bond motifs is 1. The molecule has 2 aliphatic rings. The molecule has 4 amide bonds. The Kier molecular flexibility index (Phi) is 5.43. The van der Waals surface area contributed by atoms with Gasteiger partial charge in [-0.1, -0.05) is 19.1 Å². The van der Waals surface area contributed by atoms with Crippen LogP contribution in [0.25, 0.3) is 0 Å². The van der Waals surface area contributed by atoms with Crippen molar-refractivity contribution in [2.75, 3.05) is 26.2 Å². The molecule has 2 unspecified atom stereocenters. The summed E-state index contributed by atoms with van der Waals surface area (Å²) >= 11 is 0. The maximum absolute atomic E-state index is 12.3. The standard InChI is InChI=1S/C19H23N3O5/c1-12-9-13(18(25)26)11-21(10-12)19(27)20-7-4-8-22-16(23)14-5-2-3-6-15(14)17(22)24/h2-3,5-6,12-13H,4,7-11H2,1H3,(H,20,27)(H,25,26). The number of carboxylic acid groups (broad SMARTS) is 1. The van der Waals surface area contributed by atoms with Crippen LogP contribution in [0.15, 0.2) is 24.3 Å². The largest absolute Gasteiger partial charge is 0.481 e.